The van der Waals surface area contributed by atoms with Crippen LogP contribution in [0.15, 0.2) is 24.3 Å². The van der Waals surface area contributed by atoms with Crippen LogP contribution in [-0.2, 0) is 65.4 Å². The van der Waals surface area contributed by atoms with Crippen molar-refractivity contribution in [3.8, 4) is 0 Å². The number of rotatable bonds is 72. The van der Waals surface area contributed by atoms with E-state index in [1.54, 1.807) is 0 Å². The molecule has 0 fully saturated rings. The van der Waals surface area contributed by atoms with E-state index in [1.165, 1.54) is 154 Å². The zero-order valence-electron chi connectivity index (χ0n) is 61.6. The van der Waals surface area contributed by atoms with E-state index in [1.807, 2.05) is 0 Å². The van der Waals surface area contributed by atoms with E-state index in [2.05, 4.69) is 72.8 Å². The molecule has 0 aliphatic carbocycles. The van der Waals surface area contributed by atoms with Crippen LogP contribution in [0.3, 0.4) is 0 Å². The average molecular weight is 1390 g/mol. The summed E-state index contributed by atoms with van der Waals surface area (Å²) in [4.78, 5) is 72.7. The average Bonchev–Trinajstić information content (AvgIpc) is 1.52. The van der Waals surface area contributed by atoms with Crippen molar-refractivity contribution in [2.24, 2.45) is 17.8 Å². The molecule has 19 heteroatoms. The van der Waals surface area contributed by atoms with Gasteiger partial charge in [0.2, 0.25) is 0 Å². The number of phosphoric acid groups is 2. The van der Waals surface area contributed by atoms with Crippen LogP contribution in [0, 0.1) is 17.8 Å². The molecule has 0 spiro atoms. The third-order valence-electron chi connectivity index (χ3n) is 17.0. The summed E-state index contributed by atoms with van der Waals surface area (Å²) in [5.74, 6) is 0.0744. The maximum absolute atomic E-state index is 13.1. The van der Waals surface area contributed by atoms with Gasteiger partial charge in [0.05, 0.1) is 26.4 Å². The molecule has 0 saturated carbocycles. The monoisotopic (exact) mass is 1390 g/mol. The van der Waals surface area contributed by atoms with Crippen LogP contribution in [0.2, 0.25) is 0 Å². The van der Waals surface area contributed by atoms with E-state index < -0.39 is 97.5 Å². The maximum atomic E-state index is 13.1. The molecule has 0 aliphatic heterocycles. The molecule has 17 nitrogen and oxygen atoms in total. The second-order valence-corrected chi connectivity index (χ2v) is 31.0. The molecule has 560 valence electrons. The number of hydrogen-bond acceptors (Lipinski definition) is 15. The number of carbonyl (C=O) groups excluding carboxylic acids is 4. The highest BCUT2D eigenvalue weighted by Gasteiger charge is 2.30. The first kappa shape index (κ1) is 92.5. The maximum Gasteiger partial charge on any atom is 0.472 e. The second kappa shape index (κ2) is 66.1. The summed E-state index contributed by atoms with van der Waals surface area (Å²) in [6.45, 7) is 11.8. The third kappa shape index (κ3) is 69.8. The van der Waals surface area contributed by atoms with Crippen molar-refractivity contribution >= 4 is 39.5 Å². The van der Waals surface area contributed by atoms with Crippen LogP contribution < -0.4 is 0 Å². The number of phosphoric ester groups is 2. The Kier molecular flexibility index (Phi) is 64.4. The summed E-state index contributed by atoms with van der Waals surface area (Å²) in [6, 6.07) is 0. The van der Waals surface area contributed by atoms with Crippen molar-refractivity contribution < 1.29 is 80.2 Å². The lowest BCUT2D eigenvalue weighted by molar-refractivity contribution is -0.161. The van der Waals surface area contributed by atoms with Gasteiger partial charge in [-0.25, -0.2) is 9.13 Å². The Labute approximate surface area is 580 Å². The van der Waals surface area contributed by atoms with Crippen LogP contribution in [0.5, 0.6) is 0 Å². The van der Waals surface area contributed by atoms with Crippen LogP contribution in [0.25, 0.3) is 0 Å². The van der Waals surface area contributed by atoms with Gasteiger partial charge in [-0.1, -0.05) is 310 Å². The zero-order valence-corrected chi connectivity index (χ0v) is 63.4. The topological polar surface area (TPSA) is 237 Å². The van der Waals surface area contributed by atoms with Gasteiger partial charge in [-0.3, -0.25) is 37.3 Å². The highest BCUT2D eigenvalue weighted by molar-refractivity contribution is 7.47. The molecule has 0 amide bonds. The van der Waals surface area contributed by atoms with Crippen molar-refractivity contribution in [1.82, 2.24) is 0 Å². The molecule has 0 rings (SSSR count). The molecule has 0 aromatic heterocycles. The first-order valence-corrected chi connectivity index (χ1v) is 41.7. The van der Waals surface area contributed by atoms with Crippen LogP contribution in [0.1, 0.15) is 363 Å². The smallest absolute Gasteiger partial charge is 0.462 e. The standard InChI is InChI=1S/C76H144O17P2/c1-8-9-10-11-12-13-14-15-18-22-25-28-36-43-50-57-73(78)86-63-71(92-75(80)59-52-45-38-29-26-23-20-17-16-19-21-24-27-33-40-47-54-67(2)3)65-90-94(82,83)88-61-70(77)62-89-95(84,85)91-66-72(93-76(81)60-53-46-39-32-35-42-49-56-69(6)7)64-87-74(79)58-51-44-37-31-30-34-41-48-55-68(4)5/h13-15,18,67-72,77H,8-12,16-17,19-66H2,1-7H3,(H,82,83)(H,84,85)/b14-13-,18-15-/t70?,71-,72-/m1/s1. The fourth-order valence-electron chi connectivity index (χ4n) is 11.1. The Balaban J connectivity index is 5.26. The number of unbranched alkanes of at least 4 members (excludes halogenated alkanes) is 37. The van der Waals surface area contributed by atoms with Crippen molar-refractivity contribution in [3.63, 3.8) is 0 Å². The Morgan fingerprint density at radius 3 is 0.853 bits per heavy atom. The van der Waals surface area contributed by atoms with Gasteiger partial charge in [-0.05, 0) is 69.1 Å². The molecular formula is C76H144O17P2. The Hall–Kier alpha value is -2.46. The predicted molar refractivity (Wildman–Crippen MR) is 386 cm³/mol. The molecule has 0 bridgehead atoms. The Bertz CT molecular complexity index is 1950. The van der Waals surface area contributed by atoms with E-state index in [9.17, 15) is 43.2 Å². The van der Waals surface area contributed by atoms with E-state index in [4.69, 9.17) is 37.0 Å². The molecular weight excluding hydrogens is 1250 g/mol. The largest absolute Gasteiger partial charge is 0.472 e. The fraction of sp³-hybridized carbons (Fsp3) is 0.895. The molecule has 0 aliphatic rings. The lowest BCUT2D eigenvalue weighted by Gasteiger charge is -2.21. The van der Waals surface area contributed by atoms with Gasteiger partial charge in [0, 0.05) is 25.7 Å². The van der Waals surface area contributed by atoms with Gasteiger partial charge < -0.3 is 33.8 Å². The van der Waals surface area contributed by atoms with E-state index >= 15 is 0 Å². The number of ether oxygens (including phenoxy) is 4. The van der Waals surface area contributed by atoms with Gasteiger partial charge in [0.25, 0.3) is 0 Å². The van der Waals surface area contributed by atoms with Crippen molar-refractivity contribution in [3.05, 3.63) is 24.3 Å². The molecule has 5 atom stereocenters. The van der Waals surface area contributed by atoms with Crippen molar-refractivity contribution in [2.45, 2.75) is 381 Å². The van der Waals surface area contributed by atoms with Crippen LogP contribution in [0.4, 0.5) is 0 Å². The Morgan fingerprint density at radius 2 is 0.568 bits per heavy atom. The van der Waals surface area contributed by atoms with Gasteiger partial charge in [0.15, 0.2) is 12.2 Å². The zero-order chi connectivity index (χ0) is 70.1. The van der Waals surface area contributed by atoms with Gasteiger partial charge in [-0.2, -0.15) is 0 Å². The van der Waals surface area contributed by atoms with Crippen LogP contribution >= 0.6 is 15.6 Å². The summed E-state index contributed by atoms with van der Waals surface area (Å²) in [5, 5.41) is 10.6. The SMILES string of the molecule is CCCCCC/C=C\C=C/CCCCCCCC(=O)OC[C@H](COP(=O)(O)OCC(O)COP(=O)(O)OC[C@@H](COC(=O)CCCCCCCCCCC(C)C)OC(=O)CCCCCCCCCC(C)C)OC(=O)CCCCCCCCCCCCCCCCCCC(C)C. The summed E-state index contributed by atoms with van der Waals surface area (Å²) in [7, 11) is -9.92. The first-order valence-electron chi connectivity index (χ1n) is 38.7. The predicted octanol–water partition coefficient (Wildman–Crippen LogP) is 21.7. The highest BCUT2D eigenvalue weighted by atomic mass is 31.2. The molecule has 0 saturated heterocycles. The second-order valence-electron chi connectivity index (χ2n) is 28.1. The third-order valence-corrected chi connectivity index (χ3v) is 18.9. The van der Waals surface area contributed by atoms with E-state index in [0.717, 1.165) is 121 Å². The summed E-state index contributed by atoms with van der Waals surface area (Å²) in [6.07, 6.45) is 55.1. The number of allylic oxidation sites excluding steroid dienone is 4. The number of aliphatic hydroxyl groups is 1. The van der Waals surface area contributed by atoms with E-state index in [-0.39, 0.29) is 25.7 Å². The molecule has 0 heterocycles. The molecule has 0 aromatic rings. The molecule has 3 unspecified atom stereocenters. The first-order chi connectivity index (χ1) is 45.7. The van der Waals surface area contributed by atoms with E-state index in [0.29, 0.717) is 31.6 Å². The minimum absolute atomic E-state index is 0.100. The lowest BCUT2D eigenvalue weighted by Crippen LogP contribution is -2.30. The molecule has 95 heavy (non-hydrogen) atoms. The quantitative estimate of drug-likeness (QED) is 0.0169. The summed E-state index contributed by atoms with van der Waals surface area (Å²) < 4.78 is 68.4. The molecule has 3 N–H and O–H groups in total. The van der Waals surface area contributed by atoms with Gasteiger partial charge in [-0.15, -0.1) is 0 Å². The molecule has 0 radical (unpaired) electrons. The Morgan fingerprint density at radius 1 is 0.326 bits per heavy atom. The summed E-state index contributed by atoms with van der Waals surface area (Å²) >= 11 is 0. The van der Waals surface area contributed by atoms with Crippen LogP contribution in [-0.4, -0.2) is 96.7 Å². The number of carbonyl (C=O) groups is 4. The minimum atomic E-state index is -4.97. The lowest BCUT2D eigenvalue weighted by atomic mass is 10.0. The van der Waals surface area contributed by atoms with Gasteiger partial charge in [0.1, 0.15) is 19.3 Å². The number of esters is 4. The summed E-state index contributed by atoms with van der Waals surface area (Å²) in [5.41, 5.74) is 0. The fourth-order valence-corrected chi connectivity index (χ4v) is 12.6. The van der Waals surface area contributed by atoms with Crippen molar-refractivity contribution in [1.29, 1.82) is 0 Å². The molecule has 0 aromatic carbocycles. The number of hydrogen-bond donors (Lipinski definition) is 3. The van der Waals surface area contributed by atoms with Crippen molar-refractivity contribution in [2.75, 3.05) is 39.6 Å². The normalized spacial score (nSPS) is 14.2. The highest BCUT2D eigenvalue weighted by Crippen LogP contribution is 2.45. The minimum Gasteiger partial charge on any atom is -0.462 e. The number of aliphatic hydroxyl groups excluding tert-OH is 1. The van der Waals surface area contributed by atoms with Gasteiger partial charge >= 0.3 is 39.5 Å².